The van der Waals surface area contributed by atoms with Gasteiger partial charge in [-0.1, -0.05) is 0 Å². The van der Waals surface area contributed by atoms with Crippen LogP contribution in [0, 0.1) is 0 Å². The van der Waals surface area contributed by atoms with Gasteiger partial charge in [-0.05, 0) is 0 Å². The van der Waals surface area contributed by atoms with Gasteiger partial charge < -0.3 is 14.9 Å². The first-order valence-electron chi connectivity index (χ1n) is 2.40. The molecule has 7 heteroatoms. The second kappa shape index (κ2) is 4.28. The van der Waals surface area contributed by atoms with Gasteiger partial charge in [-0.2, -0.15) is 0 Å². The summed E-state index contributed by atoms with van der Waals surface area (Å²) in [5.74, 6) is -0.111. The second-order valence-corrected chi connectivity index (χ2v) is 3.14. The summed E-state index contributed by atoms with van der Waals surface area (Å²) in [7, 11) is -4.45. The predicted octanol–water partition coefficient (Wildman–Crippen LogP) is -0.305. The van der Waals surface area contributed by atoms with Gasteiger partial charge in [0, 0.05) is 0 Å². The van der Waals surface area contributed by atoms with Gasteiger partial charge in [-0.3, -0.25) is 4.52 Å². The Hall–Kier alpha value is 0.360. The zero-order valence-electron chi connectivity index (χ0n) is 4.97. The maximum Gasteiger partial charge on any atom is 0.469 e. The highest BCUT2D eigenvalue weighted by Gasteiger charge is 2.15. The molecule has 0 amide bonds. The number of hydrogen-bond acceptors (Lipinski definition) is 3. The first kappa shape index (κ1) is 10.4. The predicted molar refractivity (Wildman–Crippen MR) is 34.7 cm³/mol. The van der Waals surface area contributed by atoms with Crippen LogP contribution >= 0.6 is 19.4 Å². The van der Waals surface area contributed by atoms with Crippen LogP contribution in [-0.2, 0) is 9.09 Å². The van der Waals surface area contributed by atoms with E-state index in [4.69, 9.17) is 26.5 Å². The number of rotatable bonds is 4. The molecule has 0 aromatic heterocycles. The molecule has 0 rings (SSSR count). The zero-order valence-corrected chi connectivity index (χ0v) is 6.63. The van der Waals surface area contributed by atoms with Crippen molar-refractivity contribution >= 4 is 19.4 Å². The largest absolute Gasteiger partial charge is 0.469 e. The summed E-state index contributed by atoms with van der Waals surface area (Å²) in [5, 5.41) is 8.62. The molecule has 0 aliphatic rings. The first-order valence-corrected chi connectivity index (χ1v) is 4.46. The van der Waals surface area contributed by atoms with Crippen molar-refractivity contribution < 1.29 is 24.0 Å². The molecule has 0 aromatic rings. The normalized spacial score (nSPS) is 15.2. The van der Waals surface area contributed by atoms with Gasteiger partial charge in [-0.25, -0.2) is 4.57 Å². The number of halogens is 1. The third-order valence-electron chi connectivity index (χ3n) is 0.613. The molecule has 0 fully saturated rings. The fraction of sp³-hybridized carbons (Fsp3) is 1.00. The van der Waals surface area contributed by atoms with E-state index < -0.39 is 20.5 Å². The highest BCUT2D eigenvalue weighted by atomic mass is 35.5. The van der Waals surface area contributed by atoms with Crippen LogP contribution in [0.3, 0.4) is 0 Å². The van der Waals surface area contributed by atoms with E-state index in [9.17, 15) is 4.57 Å². The Bertz CT molecular complexity index is 133. The Balaban J connectivity index is 3.46. The first-order chi connectivity index (χ1) is 4.45. The Labute approximate surface area is 62.8 Å². The number of hydrogen-bond donors (Lipinski definition) is 3. The van der Waals surface area contributed by atoms with E-state index >= 15 is 0 Å². The average molecular weight is 191 g/mol. The summed E-state index contributed by atoms with van der Waals surface area (Å²) in [5.41, 5.74) is 0. The number of alkyl halides is 1. The maximum atomic E-state index is 9.97. The lowest BCUT2D eigenvalue weighted by atomic mass is 10.4. The Morgan fingerprint density at radius 1 is 1.60 bits per heavy atom. The Morgan fingerprint density at radius 3 is 2.40 bits per heavy atom. The smallest absolute Gasteiger partial charge is 0.389 e. The van der Waals surface area contributed by atoms with Gasteiger partial charge in [0.05, 0.1) is 18.6 Å². The molecule has 1 atom stereocenters. The Morgan fingerprint density at radius 2 is 2.10 bits per heavy atom. The fourth-order valence-electron chi connectivity index (χ4n) is 0.228. The molecular formula is C3H8ClO5P. The monoisotopic (exact) mass is 190 g/mol. The van der Waals surface area contributed by atoms with Crippen LogP contribution in [0.2, 0.25) is 0 Å². The van der Waals surface area contributed by atoms with Gasteiger partial charge in [0.1, 0.15) is 0 Å². The van der Waals surface area contributed by atoms with E-state index in [-0.39, 0.29) is 5.88 Å². The molecule has 62 valence electrons. The third-order valence-corrected chi connectivity index (χ3v) is 1.45. The van der Waals surface area contributed by atoms with Gasteiger partial charge in [0.15, 0.2) is 0 Å². The van der Waals surface area contributed by atoms with Crippen molar-refractivity contribution in [2.75, 3.05) is 12.5 Å². The lowest BCUT2D eigenvalue weighted by Gasteiger charge is -2.07. The molecule has 3 N–H and O–H groups in total. The lowest BCUT2D eigenvalue weighted by molar-refractivity contribution is 0.0989. The number of aliphatic hydroxyl groups is 1. The van der Waals surface area contributed by atoms with Crippen molar-refractivity contribution in [3.05, 3.63) is 0 Å². The molecule has 0 radical (unpaired) electrons. The van der Waals surface area contributed by atoms with Gasteiger partial charge in [-0.15, -0.1) is 11.6 Å². The van der Waals surface area contributed by atoms with Gasteiger partial charge in [0.2, 0.25) is 0 Å². The van der Waals surface area contributed by atoms with Crippen LogP contribution < -0.4 is 0 Å². The van der Waals surface area contributed by atoms with Crippen molar-refractivity contribution in [3.63, 3.8) is 0 Å². The van der Waals surface area contributed by atoms with Crippen molar-refractivity contribution in [1.82, 2.24) is 0 Å². The molecule has 1 unspecified atom stereocenters. The Kier molecular flexibility index (Phi) is 4.44. The standard InChI is InChI=1S/C3H8ClO5P/c4-1-3(5)2-9-10(6,7)8/h3,5H,1-2H2,(H2,6,7,8). The van der Waals surface area contributed by atoms with Gasteiger partial charge >= 0.3 is 7.82 Å². The highest BCUT2D eigenvalue weighted by Crippen LogP contribution is 2.35. The SMILES string of the molecule is O=P(O)(O)OCC(O)CCl. The highest BCUT2D eigenvalue weighted by molar-refractivity contribution is 7.46. The summed E-state index contributed by atoms with van der Waals surface area (Å²) in [6.45, 7) is -0.451. The van der Waals surface area contributed by atoms with Gasteiger partial charge in [0.25, 0.3) is 0 Å². The summed E-state index contributed by atoms with van der Waals surface area (Å²) >= 11 is 5.10. The molecule has 5 nitrogen and oxygen atoms in total. The molecule has 0 bridgehead atoms. The van der Waals surface area contributed by atoms with Crippen molar-refractivity contribution in [2.24, 2.45) is 0 Å². The van der Waals surface area contributed by atoms with E-state index in [0.717, 1.165) is 0 Å². The van der Waals surface area contributed by atoms with Crippen LogP contribution in [0.25, 0.3) is 0 Å². The van der Waals surface area contributed by atoms with Crippen molar-refractivity contribution in [1.29, 1.82) is 0 Å². The summed E-state index contributed by atoms with van der Waals surface area (Å²) in [4.78, 5) is 16.2. The van der Waals surface area contributed by atoms with Crippen LogP contribution in [0.1, 0.15) is 0 Å². The summed E-state index contributed by atoms with van der Waals surface area (Å²) in [6.07, 6.45) is -1.03. The van der Waals surface area contributed by atoms with E-state index in [0.29, 0.717) is 0 Å². The van der Waals surface area contributed by atoms with Crippen LogP contribution in [0.4, 0.5) is 0 Å². The van der Waals surface area contributed by atoms with Crippen LogP contribution in [0.5, 0.6) is 0 Å². The van der Waals surface area contributed by atoms with Crippen LogP contribution in [-0.4, -0.2) is 33.5 Å². The minimum Gasteiger partial charge on any atom is -0.389 e. The second-order valence-electron chi connectivity index (χ2n) is 1.59. The number of phosphoric ester groups is 1. The van der Waals surface area contributed by atoms with E-state index in [1.165, 1.54) is 0 Å². The van der Waals surface area contributed by atoms with E-state index in [1.54, 1.807) is 0 Å². The zero-order chi connectivity index (χ0) is 8.20. The molecule has 0 aliphatic carbocycles. The number of aliphatic hydroxyl groups excluding tert-OH is 1. The molecular weight excluding hydrogens is 182 g/mol. The van der Waals surface area contributed by atoms with Crippen molar-refractivity contribution in [2.45, 2.75) is 6.10 Å². The molecule has 10 heavy (non-hydrogen) atoms. The molecule has 0 heterocycles. The summed E-state index contributed by atoms with van der Waals surface area (Å²) < 4.78 is 13.9. The summed E-state index contributed by atoms with van der Waals surface area (Å²) in [6, 6.07) is 0. The fourth-order valence-corrected chi connectivity index (χ4v) is 0.683. The minimum atomic E-state index is -4.45. The molecule has 0 saturated heterocycles. The van der Waals surface area contributed by atoms with E-state index in [2.05, 4.69) is 4.52 Å². The molecule has 0 spiro atoms. The quantitative estimate of drug-likeness (QED) is 0.418. The average Bonchev–Trinajstić information content (AvgIpc) is 1.81. The molecule has 0 aromatic carbocycles. The topological polar surface area (TPSA) is 87.0 Å². The lowest BCUT2D eigenvalue weighted by Crippen LogP contribution is -2.15. The maximum absolute atomic E-state index is 9.97. The molecule has 0 aliphatic heterocycles. The van der Waals surface area contributed by atoms with E-state index in [1.807, 2.05) is 0 Å². The van der Waals surface area contributed by atoms with Crippen LogP contribution in [0.15, 0.2) is 0 Å². The number of phosphoric acid groups is 1. The third kappa shape index (κ3) is 6.48. The molecule has 0 saturated carbocycles. The minimum absolute atomic E-state index is 0.111. The van der Waals surface area contributed by atoms with Crippen molar-refractivity contribution in [3.8, 4) is 0 Å².